The van der Waals surface area contributed by atoms with Crippen LogP contribution in [0, 0.1) is 13.7 Å². The summed E-state index contributed by atoms with van der Waals surface area (Å²) in [4.78, 5) is 0. The summed E-state index contributed by atoms with van der Waals surface area (Å²) in [5, 5.41) is 0. The first-order valence-corrected chi connectivity index (χ1v) is 5.42. The van der Waals surface area contributed by atoms with Crippen molar-refractivity contribution in [3.8, 4) is 0 Å². The summed E-state index contributed by atoms with van der Waals surface area (Å²) >= 11 is 0. The van der Waals surface area contributed by atoms with E-state index in [1.54, 1.807) is 27.7 Å². The van der Waals surface area contributed by atoms with Gasteiger partial charge >= 0.3 is 7.12 Å². The predicted molar refractivity (Wildman–Crippen MR) is 71.6 cm³/mol. The Morgan fingerprint density at radius 1 is 1.06 bits per heavy atom. The molecule has 0 amide bonds. The second-order valence-corrected chi connectivity index (χ2v) is 5.13. The highest BCUT2D eigenvalue weighted by Crippen LogP contribution is 2.36. The topological polar surface area (TPSA) is 18.5 Å². The van der Waals surface area contributed by atoms with Gasteiger partial charge in [-0.05, 0) is 58.0 Å². The summed E-state index contributed by atoms with van der Waals surface area (Å²) in [7, 11) is -1.24. The number of hydrogen-bond acceptors (Lipinski definition) is 2. The molecule has 3 heteroatoms. The van der Waals surface area contributed by atoms with Crippen molar-refractivity contribution in [2.45, 2.75) is 52.6 Å². The molecule has 0 bridgehead atoms. The Labute approximate surface area is 117 Å². The minimum Gasteiger partial charge on any atom is -0.399 e. The molecule has 0 radical (unpaired) electrons. The largest absolute Gasteiger partial charge is 0.494 e. The summed E-state index contributed by atoms with van der Waals surface area (Å²) in [6.07, 6.45) is 0. The standard InChI is InChI=1S/C14H21BO2/c1-10-7-8-12(9-11(10)2)15-16-13(3,4)14(5,6)17-15/h7-9H,1-6H3/i1D3,2D3,7D,8D,9D. The first kappa shape index (κ1) is 5.46. The third-order valence-electron chi connectivity index (χ3n) is 3.32. The fourth-order valence-electron chi connectivity index (χ4n) is 1.50. The van der Waals surface area contributed by atoms with Crippen LogP contribution in [-0.2, 0) is 9.31 Å². The molecule has 2 rings (SSSR count). The van der Waals surface area contributed by atoms with Crippen molar-refractivity contribution < 1.29 is 21.6 Å². The molecule has 1 aliphatic heterocycles. The lowest BCUT2D eigenvalue weighted by Gasteiger charge is -2.32. The third kappa shape index (κ3) is 2.14. The maximum atomic E-state index is 8.31. The van der Waals surface area contributed by atoms with Gasteiger partial charge in [0.25, 0.3) is 0 Å². The van der Waals surface area contributed by atoms with Gasteiger partial charge in [0.05, 0.1) is 15.3 Å². The zero-order valence-corrected chi connectivity index (χ0v) is 10.4. The van der Waals surface area contributed by atoms with Crippen molar-refractivity contribution in [2.75, 3.05) is 0 Å². The molecule has 1 aromatic carbocycles. The maximum Gasteiger partial charge on any atom is 0.494 e. The zero-order chi connectivity index (χ0) is 20.5. The quantitative estimate of drug-likeness (QED) is 0.703. The normalized spacial score (nSPS) is 31.1. The van der Waals surface area contributed by atoms with E-state index in [9.17, 15) is 0 Å². The van der Waals surface area contributed by atoms with Crippen molar-refractivity contribution in [2.24, 2.45) is 0 Å². The smallest absolute Gasteiger partial charge is 0.399 e. The molecule has 1 fully saturated rings. The van der Waals surface area contributed by atoms with Crippen LogP contribution in [0.25, 0.3) is 0 Å². The van der Waals surface area contributed by atoms with Gasteiger partial charge < -0.3 is 9.31 Å². The second-order valence-electron chi connectivity index (χ2n) is 5.13. The van der Waals surface area contributed by atoms with E-state index in [-0.39, 0.29) is 5.46 Å². The van der Waals surface area contributed by atoms with E-state index in [1.165, 1.54) is 0 Å². The molecule has 0 aliphatic carbocycles. The Bertz CT molecular complexity index is 722. The molecular weight excluding hydrogens is 211 g/mol. The third-order valence-corrected chi connectivity index (χ3v) is 3.32. The van der Waals surface area contributed by atoms with Crippen molar-refractivity contribution in [1.29, 1.82) is 0 Å². The van der Waals surface area contributed by atoms with Crippen LogP contribution in [-0.4, -0.2) is 18.3 Å². The van der Waals surface area contributed by atoms with Crippen molar-refractivity contribution in [1.82, 2.24) is 0 Å². The van der Waals surface area contributed by atoms with Gasteiger partial charge in [0.15, 0.2) is 0 Å². The minimum atomic E-state index is -2.94. The molecule has 2 nitrogen and oxygen atoms in total. The summed E-state index contributed by atoms with van der Waals surface area (Å²) in [5.74, 6) is 0. The van der Waals surface area contributed by atoms with Gasteiger partial charge in [0.2, 0.25) is 0 Å². The average molecular weight is 241 g/mol. The number of rotatable bonds is 1. The molecule has 92 valence electrons. The van der Waals surface area contributed by atoms with E-state index in [2.05, 4.69) is 0 Å². The molecule has 1 saturated heterocycles. The van der Waals surface area contributed by atoms with Gasteiger partial charge in [-0.15, -0.1) is 0 Å². The Hall–Kier alpha value is -0.795. The van der Waals surface area contributed by atoms with E-state index in [0.717, 1.165) is 0 Å². The van der Waals surface area contributed by atoms with Gasteiger partial charge in [-0.25, -0.2) is 0 Å². The van der Waals surface area contributed by atoms with Crippen LogP contribution in [0.3, 0.4) is 0 Å². The minimum absolute atomic E-state index is 0.243. The monoisotopic (exact) mass is 241 g/mol. The fraction of sp³-hybridized carbons (Fsp3) is 0.571. The lowest BCUT2D eigenvalue weighted by molar-refractivity contribution is 0.00578. The first-order chi connectivity index (χ1) is 11.4. The fourth-order valence-corrected chi connectivity index (χ4v) is 1.50. The lowest BCUT2D eigenvalue weighted by atomic mass is 9.78. The van der Waals surface area contributed by atoms with E-state index >= 15 is 0 Å². The first-order valence-electron chi connectivity index (χ1n) is 9.92. The molecule has 0 N–H and O–H groups in total. The summed E-state index contributed by atoms with van der Waals surface area (Å²) < 4.78 is 81.8. The van der Waals surface area contributed by atoms with Crippen LogP contribution in [0.4, 0.5) is 0 Å². The van der Waals surface area contributed by atoms with E-state index in [4.69, 9.17) is 21.6 Å². The molecule has 1 aliphatic rings. The summed E-state index contributed by atoms with van der Waals surface area (Å²) in [6, 6.07) is -1.99. The number of benzene rings is 1. The molecule has 17 heavy (non-hydrogen) atoms. The molecule has 0 aromatic heterocycles. The van der Waals surface area contributed by atoms with Crippen LogP contribution in [0.15, 0.2) is 18.1 Å². The molecule has 0 spiro atoms. The molecular formula is C14H21BO2. The summed E-state index contributed by atoms with van der Waals surface area (Å²) in [6.45, 7) is 1.13. The van der Waals surface area contributed by atoms with Gasteiger partial charge in [0.1, 0.15) is 0 Å². The molecule has 0 atom stereocenters. The van der Waals surface area contributed by atoms with Crippen LogP contribution < -0.4 is 5.46 Å². The highest BCUT2D eigenvalue weighted by Gasteiger charge is 2.51. The van der Waals surface area contributed by atoms with Crippen molar-refractivity contribution >= 4 is 12.6 Å². The van der Waals surface area contributed by atoms with Gasteiger partial charge in [-0.2, -0.15) is 0 Å². The van der Waals surface area contributed by atoms with Crippen molar-refractivity contribution in [3.05, 3.63) is 29.3 Å². The average Bonchev–Trinajstić information content (AvgIpc) is 2.59. The predicted octanol–water partition coefficient (Wildman–Crippen LogP) is 2.60. The molecule has 1 heterocycles. The Morgan fingerprint density at radius 2 is 1.65 bits per heavy atom. The molecule has 0 unspecified atom stereocenters. The van der Waals surface area contributed by atoms with Crippen LogP contribution in [0.5, 0.6) is 0 Å². The highest BCUT2D eigenvalue weighted by molar-refractivity contribution is 6.62. The van der Waals surface area contributed by atoms with E-state index in [1.807, 2.05) is 0 Å². The Balaban J connectivity index is 2.81. The van der Waals surface area contributed by atoms with Crippen molar-refractivity contribution in [3.63, 3.8) is 0 Å². The molecule has 1 aromatic rings. The lowest BCUT2D eigenvalue weighted by Crippen LogP contribution is -2.41. The van der Waals surface area contributed by atoms with E-state index in [0.29, 0.717) is 0 Å². The second kappa shape index (κ2) is 3.86. The van der Waals surface area contributed by atoms with Crippen LogP contribution in [0.2, 0.25) is 0 Å². The zero-order valence-electron chi connectivity index (χ0n) is 19.4. The SMILES string of the molecule is [2H]c1c([2H])c(C([2H])([2H])[2H])c(C([2H])([2H])[2H])c([2H])c1B1OC(C)(C)C(C)(C)O1. The van der Waals surface area contributed by atoms with Gasteiger partial charge in [-0.1, -0.05) is 18.1 Å². The van der Waals surface area contributed by atoms with Gasteiger partial charge in [-0.3, -0.25) is 0 Å². The molecule has 0 saturated carbocycles. The van der Waals surface area contributed by atoms with Crippen LogP contribution in [0.1, 0.15) is 51.2 Å². The number of hydrogen-bond donors (Lipinski definition) is 0. The van der Waals surface area contributed by atoms with Crippen LogP contribution >= 0.6 is 0 Å². The van der Waals surface area contributed by atoms with Gasteiger partial charge in [0, 0.05) is 8.22 Å². The Morgan fingerprint density at radius 3 is 2.18 bits per heavy atom. The summed E-state index contributed by atoms with van der Waals surface area (Å²) in [5.41, 5.74) is -3.41. The maximum absolute atomic E-state index is 8.31. The highest BCUT2D eigenvalue weighted by atomic mass is 16.7. The Kier molecular flexibility index (Phi) is 1.24. The van der Waals surface area contributed by atoms with E-state index < -0.39 is 61.3 Å².